The van der Waals surface area contributed by atoms with Crippen LogP contribution >= 0.6 is 11.5 Å². The number of benzene rings is 2. The molecule has 0 radical (unpaired) electrons. The lowest BCUT2D eigenvalue weighted by atomic mass is 10.1. The first-order chi connectivity index (χ1) is 17.3. The van der Waals surface area contributed by atoms with Crippen molar-refractivity contribution in [1.82, 2.24) is 19.4 Å². The minimum Gasteiger partial charge on any atom is -0.378 e. The molecule has 10 nitrogen and oxygen atoms in total. The fourth-order valence-corrected chi connectivity index (χ4v) is 4.73. The Morgan fingerprint density at radius 1 is 1.06 bits per heavy atom. The Morgan fingerprint density at radius 3 is 2.22 bits per heavy atom. The molecule has 0 unspecified atom stereocenters. The predicted molar refractivity (Wildman–Crippen MR) is 134 cm³/mol. The molecule has 2 aliphatic rings. The summed E-state index contributed by atoms with van der Waals surface area (Å²) in [4.78, 5) is 57.1. The highest BCUT2D eigenvalue weighted by molar-refractivity contribution is 7.03. The number of nitrogens with zero attached hydrogens (tertiary/aromatic N) is 5. The molecule has 1 aliphatic heterocycles. The molecule has 4 amide bonds. The summed E-state index contributed by atoms with van der Waals surface area (Å²) in [5, 5.41) is 8.59. The Bertz CT molecular complexity index is 1290. The van der Waals surface area contributed by atoms with Gasteiger partial charge >= 0.3 is 0 Å². The van der Waals surface area contributed by atoms with E-state index in [4.69, 9.17) is 0 Å². The van der Waals surface area contributed by atoms with E-state index in [0.717, 1.165) is 22.1 Å². The summed E-state index contributed by atoms with van der Waals surface area (Å²) in [7, 11) is 3.85. The summed E-state index contributed by atoms with van der Waals surface area (Å²) >= 11 is 1.08. The Kier molecular flexibility index (Phi) is 6.23. The Labute approximate surface area is 211 Å². The van der Waals surface area contributed by atoms with Crippen LogP contribution in [0.1, 0.15) is 45.3 Å². The molecule has 2 aromatic carbocycles. The van der Waals surface area contributed by atoms with Gasteiger partial charge in [0, 0.05) is 36.9 Å². The molecule has 0 spiro atoms. The van der Waals surface area contributed by atoms with Crippen LogP contribution in [-0.4, -0.2) is 69.7 Å². The quantitative estimate of drug-likeness (QED) is 0.469. The maximum atomic E-state index is 13.6. The molecule has 1 atom stereocenters. The van der Waals surface area contributed by atoms with Crippen molar-refractivity contribution in [2.45, 2.75) is 24.9 Å². The standard InChI is InChI=1S/C25H24N6O4S/c1-29(2)16-9-7-15(8-10-16)26-23(33)22(20-14-36-28-27-20)31(17-11-12-17)21(32)13-30-24(34)18-5-3-4-6-19(18)25(30)35/h3-10,14,17,22H,11-13H2,1-2H3,(H,26,33)/t22-/m1/s1. The van der Waals surface area contributed by atoms with Crippen molar-refractivity contribution in [1.29, 1.82) is 0 Å². The molecule has 36 heavy (non-hydrogen) atoms. The molecule has 1 aromatic heterocycles. The third kappa shape index (κ3) is 4.44. The Hall–Kier alpha value is -4.12. The zero-order valence-corrected chi connectivity index (χ0v) is 20.6. The molecule has 1 aliphatic carbocycles. The molecular formula is C25H24N6O4S. The topological polar surface area (TPSA) is 116 Å². The number of nitrogens with one attached hydrogen (secondary N) is 1. The van der Waals surface area contributed by atoms with Crippen molar-refractivity contribution < 1.29 is 19.2 Å². The lowest BCUT2D eigenvalue weighted by molar-refractivity contribution is -0.140. The number of amides is 4. The van der Waals surface area contributed by atoms with E-state index in [9.17, 15) is 19.2 Å². The number of fused-ring (bicyclic) bond motifs is 1. The fourth-order valence-electron chi connectivity index (χ4n) is 4.26. The van der Waals surface area contributed by atoms with Crippen LogP contribution in [0.15, 0.2) is 53.9 Å². The predicted octanol–water partition coefficient (Wildman–Crippen LogP) is 2.57. The molecule has 3 aromatic rings. The molecule has 1 N–H and O–H groups in total. The van der Waals surface area contributed by atoms with Gasteiger partial charge < -0.3 is 15.1 Å². The van der Waals surface area contributed by atoms with Crippen molar-refractivity contribution >= 4 is 46.5 Å². The van der Waals surface area contributed by atoms with Crippen LogP contribution < -0.4 is 10.2 Å². The van der Waals surface area contributed by atoms with E-state index in [1.165, 1.54) is 4.90 Å². The lowest BCUT2D eigenvalue weighted by Crippen LogP contribution is -2.48. The maximum absolute atomic E-state index is 13.6. The highest BCUT2D eigenvalue weighted by atomic mass is 32.1. The van der Waals surface area contributed by atoms with Gasteiger partial charge in [0.15, 0.2) is 6.04 Å². The van der Waals surface area contributed by atoms with Crippen molar-refractivity contribution in [3.8, 4) is 0 Å². The minimum atomic E-state index is -1.05. The zero-order chi connectivity index (χ0) is 25.4. The molecule has 0 saturated heterocycles. The number of carbonyl (C=O) groups excluding carboxylic acids is 4. The van der Waals surface area contributed by atoms with E-state index in [1.807, 2.05) is 31.1 Å². The molecular weight excluding hydrogens is 480 g/mol. The lowest BCUT2D eigenvalue weighted by Gasteiger charge is -2.31. The first kappa shape index (κ1) is 23.6. The van der Waals surface area contributed by atoms with E-state index in [-0.39, 0.29) is 17.2 Å². The van der Waals surface area contributed by atoms with Gasteiger partial charge in [0.05, 0.1) is 11.1 Å². The van der Waals surface area contributed by atoms with Gasteiger partial charge in [-0.25, -0.2) is 0 Å². The number of rotatable bonds is 8. The van der Waals surface area contributed by atoms with Crippen molar-refractivity contribution in [3.63, 3.8) is 0 Å². The van der Waals surface area contributed by atoms with E-state index in [0.29, 0.717) is 24.2 Å². The van der Waals surface area contributed by atoms with Gasteiger partial charge in [-0.3, -0.25) is 24.1 Å². The smallest absolute Gasteiger partial charge is 0.262 e. The van der Waals surface area contributed by atoms with Crippen LogP contribution in [0, 0.1) is 0 Å². The van der Waals surface area contributed by atoms with Gasteiger partial charge in [-0.15, -0.1) is 5.10 Å². The van der Waals surface area contributed by atoms with Gasteiger partial charge in [0.1, 0.15) is 12.2 Å². The molecule has 11 heteroatoms. The van der Waals surface area contributed by atoms with Crippen LogP contribution in [-0.2, 0) is 9.59 Å². The first-order valence-corrected chi connectivity index (χ1v) is 12.3. The first-order valence-electron chi connectivity index (χ1n) is 11.5. The summed E-state index contributed by atoms with van der Waals surface area (Å²) in [6.07, 6.45) is 1.43. The largest absolute Gasteiger partial charge is 0.378 e. The van der Waals surface area contributed by atoms with Crippen LogP contribution in [0.5, 0.6) is 0 Å². The number of hydrogen-bond donors (Lipinski definition) is 1. The fraction of sp³-hybridized carbons (Fsp3) is 0.280. The molecule has 1 saturated carbocycles. The summed E-state index contributed by atoms with van der Waals surface area (Å²) in [6, 6.07) is 12.6. The van der Waals surface area contributed by atoms with E-state index in [2.05, 4.69) is 14.9 Å². The third-order valence-electron chi connectivity index (χ3n) is 6.23. The highest BCUT2D eigenvalue weighted by Gasteiger charge is 2.45. The number of imide groups is 1. The van der Waals surface area contributed by atoms with E-state index < -0.39 is 36.2 Å². The van der Waals surface area contributed by atoms with E-state index >= 15 is 0 Å². The molecule has 5 rings (SSSR count). The normalized spacial score (nSPS) is 15.4. The summed E-state index contributed by atoms with van der Waals surface area (Å²) < 4.78 is 3.89. The Morgan fingerprint density at radius 2 is 1.69 bits per heavy atom. The monoisotopic (exact) mass is 504 g/mol. The molecule has 0 bridgehead atoms. The van der Waals surface area contributed by atoms with Gasteiger partial charge in [0.25, 0.3) is 17.7 Å². The maximum Gasteiger partial charge on any atom is 0.262 e. The Balaban J connectivity index is 1.40. The van der Waals surface area contributed by atoms with Gasteiger partial charge in [-0.05, 0) is 60.8 Å². The summed E-state index contributed by atoms with van der Waals surface area (Å²) in [5.41, 5.74) is 2.43. The summed E-state index contributed by atoms with van der Waals surface area (Å²) in [5.74, 6) is -1.97. The van der Waals surface area contributed by atoms with Crippen molar-refractivity contribution in [2.75, 3.05) is 30.9 Å². The molecule has 184 valence electrons. The van der Waals surface area contributed by atoms with Gasteiger partial charge in [-0.1, -0.05) is 16.6 Å². The number of anilines is 2. The average Bonchev–Trinajstić information content (AvgIpc) is 3.51. The SMILES string of the molecule is CN(C)c1ccc(NC(=O)[C@@H](c2csnn2)N(C(=O)CN2C(=O)c3ccccc3C2=O)C2CC2)cc1. The van der Waals surface area contributed by atoms with Crippen LogP contribution in [0.25, 0.3) is 0 Å². The van der Waals surface area contributed by atoms with Gasteiger partial charge in [-0.2, -0.15) is 0 Å². The minimum absolute atomic E-state index is 0.193. The van der Waals surface area contributed by atoms with Crippen molar-refractivity contribution in [2.24, 2.45) is 0 Å². The zero-order valence-electron chi connectivity index (χ0n) is 19.7. The second-order valence-corrected chi connectivity index (χ2v) is 9.55. The van der Waals surface area contributed by atoms with Crippen LogP contribution in [0.2, 0.25) is 0 Å². The van der Waals surface area contributed by atoms with Crippen molar-refractivity contribution in [3.05, 3.63) is 70.7 Å². The molecule has 1 fully saturated rings. The average molecular weight is 505 g/mol. The number of aromatic nitrogens is 2. The van der Waals surface area contributed by atoms with Crippen LogP contribution in [0.4, 0.5) is 11.4 Å². The van der Waals surface area contributed by atoms with Gasteiger partial charge in [0.2, 0.25) is 5.91 Å². The molecule has 2 heterocycles. The highest BCUT2D eigenvalue weighted by Crippen LogP contribution is 2.36. The number of carbonyl (C=O) groups is 4. The summed E-state index contributed by atoms with van der Waals surface area (Å²) in [6.45, 7) is -0.457. The second-order valence-electron chi connectivity index (χ2n) is 8.94. The van der Waals surface area contributed by atoms with Crippen LogP contribution in [0.3, 0.4) is 0 Å². The number of hydrogen-bond acceptors (Lipinski definition) is 8. The third-order valence-corrected chi connectivity index (χ3v) is 6.76. The van der Waals surface area contributed by atoms with E-state index in [1.54, 1.807) is 41.8 Å². The second kappa shape index (κ2) is 9.50.